The molecule has 0 aromatic heterocycles. The van der Waals surface area contributed by atoms with Gasteiger partial charge in [-0.3, -0.25) is 0 Å². The van der Waals surface area contributed by atoms with Crippen molar-refractivity contribution in [2.75, 3.05) is 0 Å². The zero-order valence-electron chi connectivity index (χ0n) is 7.15. The molecule has 0 fully saturated rings. The lowest BCUT2D eigenvalue weighted by Crippen LogP contribution is -2.28. The molecule has 0 spiro atoms. The van der Waals surface area contributed by atoms with E-state index in [1.54, 1.807) is 0 Å². The molecule has 0 saturated carbocycles. The van der Waals surface area contributed by atoms with Crippen LogP contribution in [0.2, 0.25) is 0 Å². The minimum atomic E-state index is -4.73. The van der Waals surface area contributed by atoms with Gasteiger partial charge in [0, 0.05) is 10.0 Å². The second-order valence-corrected chi connectivity index (χ2v) is 3.76. The van der Waals surface area contributed by atoms with E-state index < -0.39 is 29.3 Å². The Labute approximate surface area is 90.8 Å². The predicted octanol–water partition coefficient (Wildman–Crippen LogP) is 2.86. The number of benzene rings is 1. The van der Waals surface area contributed by atoms with Gasteiger partial charge in [-0.1, -0.05) is 15.9 Å². The lowest BCUT2D eigenvalue weighted by Gasteiger charge is -2.17. The van der Waals surface area contributed by atoms with E-state index in [-0.39, 0.29) is 4.47 Å². The molecule has 2 nitrogen and oxygen atoms in total. The molecule has 1 aromatic carbocycles. The van der Waals surface area contributed by atoms with E-state index in [1.165, 1.54) is 0 Å². The van der Waals surface area contributed by atoms with Crippen molar-refractivity contribution in [2.24, 2.45) is 5.73 Å². The first-order chi connectivity index (χ1) is 6.73. The van der Waals surface area contributed by atoms with Crippen LogP contribution in [0, 0.1) is 5.82 Å². The van der Waals surface area contributed by atoms with Crippen LogP contribution in [0.3, 0.4) is 0 Å². The molecular weight excluding hydrogens is 282 g/mol. The summed E-state index contributed by atoms with van der Waals surface area (Å²) in [5.74, 6) is -2.23. The van der Waals surface area contributed by atoms with Gasteiger partial charge in [-0.25, -0.2) is 4.39 Å². The van der Waals surface area contributed by atoms with Gasteiger partial charge in [0.25, 0.3) is 0 Å². The molecule has 7 heteroatoms. The number of nitrogens with two attached hydrogens (primary N) is 1. The van der Waals surface area contributed by atoms with Crippen LogP contribution in [0.25, 0.3) is 0 Å². The number of alkyl halides is 3. The fraction of sp³-hybridized carbons (Fsp3) is 0.250. The van der Waals surface area contributed by atoms with Gasteiger partial charge in [0.05, 0.1) is 0 Å². The van der Waals surface area contributed by atoms with Crippen molar-refractivity contribution in [1.82, 2.24) is 0 Å². The second-order valence-electron chi connectivity index (χ2n) is 2.84. The molecule has 0 saturated heterocycles. The highest BCUT2D eigenvalue weighted by atomic mass is 79.9. The molecule has 1 atom stereocenters. The Balaban J connectivity index is 3.25. The number of hydrogen-bond donors (Lipinski definition) is 2. The SMILES string of the molecule is NC(c1cc(Br)cc(F)c1O)C(F)(F)F. The van der Waals surface area contributed by atoms with Gasteiger partial charge in [0.2, 0.25) is 0 Å². The lowest BCUT2D eigenvalue weighted by atomic mass is 10.1. The van der Waals surface area contributed by atoms with Crippen LogP contribution in [0.15, 0.2) is 16.6 Å². The molecule has 0 radical (unpaired) electrons. The highest BCUT2D eigenvalue weighted by Crippen LogP contribution is 2.37. The fourth-order valence-electron chi connectivity index (χ4n) is 0.999. The van der Waals surface area contributed by atoms with Crippen molar-refractivity contribution in [1.29, 1.82) is 0 Å². The van der Waals surface area contributed by atoms with Gasteiger partial charge >= 0.3 is 6.18 Å². The highest BCUT2D eigenvalue weighted by molar-refractivity contribution is 9.10. The van der Waals surface area contributed by atoms with Crippen LogP contribution >= 0.6 is 15.9 Å². The van der Waals surface area contributed by atoms with Gasteiger partial charge in [-0.05, 0) is 12.1 Å². The minimum Gasteiger partial charge on any atom is -0.505 e. The second kappa shape index (κ2) is 3.97. The van der Waals surface area contributed by atoms with Crippen LogP contribution in [0.5, 0.6) is 5.75 Å². The monoisotopic (exact) mass is 287 g/mol. The molecule has 15 heavy (non-hydrogen) atoms. The molecule has 1 rings (SSSR count). The number of phenolic OH excluding ortho intramolecular Hbond substituents is 1. The molecule has 3 N–H and O–H groups in total. The molecule has 84 valence electrons. The molecule has 0 aliphatic carbocycles. The van der Waals surface area contributed by atoms with E-state index in [4.69, 9.17) is 10.8 Å². The van der Waals surface area contributed by atoms with E-state index in [9.17, 15) is 17.6 Å². The third-order valence-electron chi connectivity index (χ3n) is 1.75. The predicted molar refractivity (Wildman–Crippen MR) is 48.7 cm³/mol. The van der Waals surface area contributed by atoms with Crippen molar-refractivity contribution in [3.05, 3.63) is 28.0 Å². The zero-order chi connectivity index (χ0) is 11.8. The standard InChI is InChI=1S/C8H6BrF4NO/c9-3-1-4(6(15)5(10)2-3)7(14)8(11,12)13/h1-2,7,15H,14H2. The lowest BCUT2D eigenvalue weighted by molar-refractivity contribution is -0.149. The first-order valence-corrected chi connectivity index (χ1v) is 4.53. The van der Waals surface area contributed by atoms with Crippen LogP contribution in [-0.2, 0) is 0 Å². The first kappa shape index (κ1) is 12.3. The number of rotatable bonds is 1. The van der Waals surface area contributed by atoms with Crippen molar-refractivity contribution in [3.63, 3.8) is 0 Å². The number of phenols is 1. The zero-order valence-corrected chi connectivity index (χ0v) is 8.73. The third-order valence-corrected chi connectivity index (χ3v) is 2.20. The summed E-state index contributed by atoms with van der Waals surface area (Å²) in [5, 5.41) is 9.08. The molecule has 0 amide bonds. The Hall–Kier alpha value is -0.820. The van der Waals surface area contributed by atoms with Crippen molar-refractivity contribution >= 4 is 15.9 Å². The summed E-state index contributed by atoms with van der Waals surface area (Å²) in [6.07, 6.45) is -4.73. The normalized spacial score (nSPS) is 14.0. The Morgan fingerprint density at radius 3 is 2.33 bits per heavy atom. The average molecular weight is 288 g/mol. The number of halogens is 5. The van der Waals surface area contributed by atoms with Crippen LogP contribution in [0.1, 0.15) is 11.6 Å². The van der Waals surface area contributed by atoms with E-state index >= 15 is 0 Å². The highest BCUT2D eigenvalue weighted by Gasteiger charge is 2.39. The Morgan fingerprint density at radius 2 is 1.87 bits per heavy atom. The van der Waals surface area contributed by atoms with Crippen molar-refractivity contribution in [2.45, 2.75) is 12.2 Å². The third kappa shape index (κ3) is 2.60. The topological polar surface area (TPSA) is 46.2 Å². The smallest absolute Gasteiger partial charge is 0.407 e. The minimum absolute atomic E-state index is 0.0764. The fourth-order valence-corrected chi connectivity index (χ4v) is 1.45. The van der Waals surface area contributed by atoms with Gasteiger partial charge in [-0.2, -0.15) is 13.2 Å². The largest absolute Gasteiger partial charge is 0.505 e. The molecular formula is C8H6BrF4NO. The van der Waals surface area contributed by atoms with Gasteiger partial charge in [-0.15, -0.1) is 0 Å². The molecule has 1 aromatic rings. The Kier molecular flexibility index (Phi) is 3.25. The van der Waals surface area contributed by atoms with Gasteiger partial charge < -0.3 is 10.8 Å². The van der Waals surface area contributed by atoms with Gasteiger partial charge in [0.1, 0.15) is 6.04 Å². The quantitative estimate of drug-likeness (QED) is 0.780. The number of aromatic hydroxyl groups is 1. The first-order valence-electron chi connectivity index (χ1n) is 3.73. The van der Waals surface area contributed by atoms with Crippen LogP contribution < -0.4 is 5.73 Å². The molecule has 0 aliphatic heterocycles. The van der Waals surface area contributed by atoms with Crippen LogP contribution in [0.4, 0.5) is 17.6 Å². The summed E-state index contributed by atoms with van der Waals surface area (Å²) in [7, 11) is 0. The maximum atomic E-state index is 12.9. The van der Waals surface area contributed by atoms with Crippen molar-refractivity contribution < 1.29 is 22.7 Å². The maximum Gasteiger partial charge on any atom is 0.407 e. The summed E-state index contributed by atoms with van der Waals surface area (Å²) < 4.78 is 49.6. The molecule has 0 bridgehead atoms. The van der Waals surface area contributed by atoms with E-state index in [0.717, 1.165) is 12.1 Å². The van der Waals surface area contributed by atoms with E-state index in [2.05, 4.69) is 15.9 Å². The summed E-state index contributed by atoms with van der Waals surface area (Å²) in [6.45, 7) is 0. The van der Waals surface area contributed by atoms with E-state index in [1.807, 2.05) is 0 Å². The van der Waals surface area contributed by atoms with Crippen LogP contribution in [-0.4, -0.2) is 11.3 Å². The molecule has 0 heterocycles. The number of hydrogen-bond acceptors (Lipinski definition) is 2. The molecule has 0 aliphatic rings. The summed E-state index contributed by atoms with van der Waals surface area (Å²) in [4.78, 5) is 0. The summed E-state index contributed by atoms with van der Waals surface area (Å²) >= 11 is 2.81. The Morgan fingerprint density at radius 1 is 1.33 bits per heavy atom. The van der Waals surface area contributed by atoms with Crippen molar-refractivity contribution in [3.8, 4) is 5.75 Å². The summed E-state index contributed by atoms with van der Waals surface area (Å²) in [6, 6.07) is -0.636. The Bertz CT molecular complexity index is 380. The average Bonchev–Trinajstić information content (AvgIpc) is 2.08. The maximum absolute atomic E-state index is 12.9. The van der Waals surface area contributed by atoms with E-state index in [0.29, 0.717) is 0 Å². The molecule has 1 unspecified atom stereocenters. The van der Waals surface area contributed by atoms with Gasteiger partial charge in [0.15, 0.2) is 11.6 Å². The summed E-state index contributed by atoms with van der Waals surface area (Å²) in [5.41, 5.74) is 4.14.